The van der Waals surface area contributed by atoms with Gasteiger partial charge in [-0.25, -0.2) is 4.79 Å². The number of nitrogens with one attached hydrogen (secondary N) is 1. The second-order valence-electron chi connectivity index (χ2n) is 6.98. The highest BCUT2D eigenvalue weighted by Gasteiger charge is 2.24. The van der Waals surface area contributed by atoms with E-state index in [1.807, 2.05) is 43.0 Å². The first-order valence-electron chi connectivity index (χ1n) is 9.18. The minimum Gasteiger partial charge on any atom is -0.454 e. The molecule has 2 aliphatic heterocycles. The predicted octanol–water partition coefficient (Wildman–Crippen LogP) is 2.30. The van der Waals surface area contributed by atoms with Crippen molar-refractivity contribution in [3.8, 4) is 11.5 Å². The summed E-state index contributed by atoms with van der Waals surface area (Å²) < 4.78 is 16.0. The fourth-order valence-electron chi connectivity index (χ4n) is 3.36. The molecule has 4 rings (SSSR count). The van der Waals surface area contributed by atoms with Crippen LogP contribution in [0.5, 0.6) is 11.5 Å². The first-order valence-corrected chi connectivity index (χ1v) is 9.18. The Hall–Kier alpha value is -2.74. The Bertz CT molecular complexity index is 814. The maximum Gasteiger partial charge on any atom is 0.317 e. The minimum atomic E-state index is -0.109. The molecule has 1 atom stereocenters. The molecule has 8 heteroatoms. The number of aryl methyl sites for hydroxylation is 1. The lowest BCUT2D eigenvalue weighted by Gasteiger charge is -2.34. The molecular formula is C19H24N4O4. The molecule has 1 unspecified atom stereocenters. The molecule has 0 aliphatic carbocycles. The topological polar surface area (TPSA) is 80.1 Å². The Morgan fingerprint density at radius 2 is 1.96 bits per heavy atom. The van der Waals surface area contributed by atoms with Gasteiger partial charge in [0, 0.05) is 32.2 Å². The van der Waals surface area contributed by atoms with E-state index < -0.39 is 0 Å². The van der Waals surface area contributed by atoms with Gasteiger partial charge >= 0.3 is 6.03 Å². The van der Waals surface area contributed by atoms with Gasteiger partial charge in [0.25, 0.3) is 0 Å². The summed E-state index contributed by atoms with van der Waals surface area (Å²) in [5, 5.41) is 6.98. The molecule has 8 nitrogen and oxygen atoms in total. The molecule has 27 heavy (non-hydrogen) atoms. The quantitative estimate of drug-likeness (QED) is 0.887. The van der Waals surface area contributed by atoms with E-state index >= 15 is 0 Å². The molecule has 2 aliphatic rings. The fourth-order valence-corrected chi connectivity index (χ4v) is 3.36. The molecule has 144 valence electrons. The zero-order valence-corrected chi connectivity index (χ0v) is 15.6. The average Bonchev–Trinajstić information content (AvgIpc) is 3.30. The number of hydrogen-bond acceptors (Lipinski definition) is 6. The van der Waals surface area contributed by atoms with Gasteiger partial charge in [0.1, 0.15) is 0 Å². The first-order chi connectivity index (χ1) is 13.1. The number of nitrogens with zero attached hydrogens (tertiary/aromatic N) is 3. The highest BCUT2D eigenvalue weighted by Crippen LogP contribution is 2.34. The van der Waals surface area contributed by atoms with E-state index in [9.17, 15) is 4.79 Å². The summed E-state index contributed by atoms with van der Waals surface area (Å²) in [5.41, 5.74) is 1.88. The van der Waals surface area contributed by atoms with E-state index in [-0.39, 0.29) is 18.9 Å². The van der Waals surface area contributed by atoms with Crippen molar-refractivity contribution in [1.29, 1.82) is 0 Å². The molecule has 2 aromatic rings. The third kappa shape index (κ3) is 4.00. The minimum absolute atomic E-state index is 0.0460. The van der Waals surface area contributed by atoms with Crippen LogP contribution in [-0.4, -0.2) is 54.0 Å². The van der Waals surface area contributed by atoms with Gasteiger partial charge in [0.2, 0.25) is 6.79 Å². The Balaban J connectivity index is 1.27. The molecule has 0 radical (unpaired) electrons. The van der Waals surface area contributed by atoms with E-state index in [1.54, 1.807) is 0 Å². The monoisotopic (exact) mass is 372 g/mol. The molecule has 1 fully saturated rings. The summed E-state index contributed by atoms with van der Waals surface area (Å²) in [4.78, 5) is 16.7. The molecule has 1 N–H and O–H groups in total. The molecule has 1 saturated heterocycles. The third-order valence-electron chi connectivity index (χ3n) is 4.95. The average molecular weight is 372 g/mol. The van der Waals surface area contributed by atoms with Crippen molar-refractivity contribution in [3.63, 3.8) is 0 Å². The lowest BCUT2D eigenvalue weighted by molar-refractivity contribution is 0.126. The summed E-state index contributed by atoms with van der Waals surface area (Å²) in [6, 6.07) is 7.55. The molecule has 0 saturated carbocycles. The van der Waals surface area contributed by atoms with Crippen LogP contribution in [0.15, 0.2) is 28.8 Å². The molecule has 0 bridgehead atoms. The predicted molar refractivity (Wildman–Crippen MR) is 97.6 cm³/mol. The second kappa shape index (κ2) is 7.48. The van der Waals surface area contributed by atoms with Crippen molar-refractivity contribution in [1.82, 2.24) is 20.3 Å². The van der Waals surface area contributed by atoms with Crippen molar-refractivity contribution in [2.75, 3.05) is 33.0 Å². The Labute approximate surface area is 158 Å². The number of benzene rings is 1. The number of aromatic nitrogens is 1. The fraction of sp³-hybridized carbons (Fsp3) is 0.474. The number of amides is 2. The normalized spacial score (nSPS) is 17.8. The Morgan fingerprint density at radius 1 is 1.19 bits per heavy atom. The summed E-state index contributed by atoms with van der Waals surface area (Å²) >= 11 is 0. The first kappa shape index (κ1) is 17.7. The van der Waals surface area contributed by atoms with E-state index in [4.69, 9.17) is 14.0 Å². The smallest absolute Gasteiger partial charge is 0.317 e. The molecule has 2 amide bonds. The van der Waals surface area contributed by atoms with Crippen molar-refractivity contribution >= 4 is 6.03 Å². The van der Waals surface area contributed by atoms with Gasteiger partial charge in [0.15, 0.2) is 17.3 Å². The maximum absolute atomic E-state index is 12.6. The molecular weight excluding hydrogens is 348 g/mol. The largest absolute Gasteiger partial charge is 0.454 e. The van der Waals surface area contributed by atoms with E-state index in [2.05, 4.69) is 15.4 Å². The number of ether oxygens (including phenoxy) is 2. The summed E-state index contributed by atoms with van der Waals surface area (Å²) in [6.45, 7) is 7.85. The van der Waals surface area contributed by atoms with Gasteiger partial charge in [-0.15, -0.1) is 0 Å². The standard InChI is InChI=1S/C19H24N4O4/c1-13-9-16(27-21-13)11-22-5-7-23(8-6-22)19(24)20-14(2)15-3-4-17-18(10-15)26-12-25-17/h3-4,9-10,14H,5-8,11-12H2,1-2H3,(H,20,24). The molecule has 1 aromatic heterocycles. The van der Waals surface area contributed by atoms with Crippen LogP contribution in [0.25, 0.3) is 0 Å². The number of carbonyl (C=O) groups excluding carboxylic acids is 1. The van der Waals surface area contributed by atoms with E-state index in [1.165, 1.54) is 0 Å². The summed E-state index contributed by atoms with van der Waals surface area (Å²) in [5.74, 6) is 2.34. The van der Waals surface area contributed by atoms with Gasteiger partial charge in [-0.2, -0.15) is 0 Å². The van der Waals surface area contributed by atoms with Crippen LogP contribution in [0.1, 0.15) is 30.0 Å². The van der Waals surface area contributed by atoms with Gasteiger partial charge < -0.3 is 24.2 Å². The highest BCUT2D eigenvalue weighted by atomic mass is 16.7. The van der Waals surface area contributed by atoms with Gasteiger partial charge in [-0.3, -0.25) is 4.90 Å². The van der Waals surface area contributed by atoms with Gasteiger partial charge in [-0.05, 0) is 31.5 Å². The van der Waals surface area contributed by atoms with Crippen LogP contribution in [0.4, 0.5) is 4.79 Å². The SMILES string of the molecule is Cc1cc(CN2CCN(C(=O)NC(C)c3ccc4c(c3)OCO4)CC2)on1. The zero-order valence-electron chi connectivity index (χ0n) is 15.6. The lowest BCUT2D eigenvalue weighted by atomic mass is 10.1. The maximum atomic E-state index is 12.6. The number of urea groups is 1. The van der Waals surface area contributed by atoms with Crippen LogP contribution in [0.2, 0.25) is 0 Å². The van der Waals surface area contributed by atoms with Crippen LogP contribution >= 0.6 is 0 Å². The van der Waals surface area contributed by atoms with Gasteiger partial charge in [0.05, 0.1) is 18.3 Å². The number of fused-ring (bicyclic) bond motifs is 1. The van der Waals surface area contributed by atoms with E-state index in [0.29, 0.717) is 13.1 Å². The van der Waals surface area contributed by atoms with Crippen LogP contribution in [0.3, 0.4) is 0 Å². The Morgan fingerprint density at radius 3 is 2.70 bits per heavy atom. The summed E-state index contributed by atoms with van der Waals surface area (Å²) in [7, 11) is 0. The van der Waals surface area contributed by atoms with Crippen molar-refractivity contribution in [2.24, 2.45) is 0 Å². The van der Waals surface area contributed by atoms with Gasteiger partial charge in [-0.1, -0.05) is 11.2 Å². The lowest BCUT2D eigenvalue weighted by Crippen LogP contribution is -2.51. The Kier molecular flexibility index (Phi) is 4.89. The number of piperazine rings is 1. The van der Waals surface area contributed by atoms with Crippen LogP contribution in [-0.2, 0) is 6.54 Å². The number of hydrogen-bond donors (Lipinski definition) is 1. The van der Waals surface area contributed by atoms with Crippen molar-refractivity contribution in [2.45, 2.75) is 26.4 Å². The molecule has 0 spiro atoms. The number of rotatable bonds is 4. The van der Waals surface area contributed by atoms with Crippen LogP contribution in [0, 0.1) is 6.92 Å². The zero-order chi connectivity index (χ0) is 18.8. The van der Waals surface area contributed by atoms with Crippen molar-refractivity contribution < 1.29 is 18.8 Å². The highest BCUT2D eigenvalue weighted by molar-refractivity contribution is 5.75. The molecule has 3 heterocycles. The van der Waals surface area contributed by atoms with Crippen molar-refractivity contribution in [3.05, 3.63) is 41.3 Å². The number of carbonyl (C=O) groups is 1. The second-order valence-corrected chi connectivity index (χ2v) is 6.98. The third-order valence-corrected chi connectivity index (χ3v) is 4.95. The van der Waals surface area contributed by atoms with Crippen LogP contribution < -0.4 is 14.8 Å². The molecule has 1 aromatic carbocycles. The van der Waals surface area contributed by atoms with E-state index in [0.717, 1.165) is 48.2 Å². The summed E-state index contributed by atoms with van der Waals surface area (Å²) in [6.07, 6.45) is 0.